The minimum atomic E-state index is -0.247. The van der Waals surface area contributed by atoms with Gasteiger partial charge in [0.05, 0.1) is 11.2 Å². The van der Waals surface area contributed by atoms with Crippen molar-refractivity contribution in [2.24, 2.45) is 0 Å². The molecule has 0 saturated carbocycles. The quantitative estimate of drug-likeness (QED) is 0.157. The lowest BCUT2D eigenvalue weighted by Crippen LogP contribution is -2.35. The van der Waals surface area contributed by atoms with Gasteiger partial charge in [0.25, 0.3) is 0 Å². The molecule has 408 valence electrons. The molecule has 5 heteroatoms. The Balaban J connectivity index is 0.956. The van der Waals surface area contributed by atoms with Gasteiger partial charge in [0.15, 0.2) is 0 Å². The number of fused-ring (bicyclic) bond motifs is 13. The molecule has 0 saturated heterocycles. The van der Waals surface area contributed by atoms with E-state index in [1.165, 1.54) is 140 Å². The molecule has 0 atom stereocenters. The second kappa shape index (κ2) is 18.4. The van der Waals surface area contributed by atoms with Gasteiger partial charge >= 0.3 is 0 Å². The second-order valence-electron chi connectivity index (χ2n) is 28.7. The summed E-state index contributed by atoms with van der Waals surface area (Å²) in [6.45, 7) is 32.7. The van der Waals surface area contributed by atoms with Crippen LogP contribution in [0.1, 0.15) is 153 Å². The summed E-state index contributed by atoms with van der Waals surface area (Å²) in [5.74, 6) is 0.208. The molecule has 4 heterocycles. The van der Waals surface area contributed by atoms with Gasteiger partial charge in [-0.25, -0.2) is 0 Å². The van der Waals surface area contributed by atoms with E-state index in [4.69, 9.17) is 0 Å². The van der Waals surface area contributed by atoms with Crippen LogP contribution >= 0.6 is 22.7 Å². The van der Waals surface area contributed by atoms with Crippen LogP contribution in [0.4, 0.5) is 11.4 Å². The van der Waals surface area contributed by atoms with Gasteiger partial charge in [0.1, 0.15) is 0 Å². The molecule has 2 nitrogen and oxygen atoms in total. The fraction of sp³-hybridized carbons (Fsp3) is 0.273. The third-order valence-corrected chi connectivity index (χ3v) is 21.0. The fourth-order valence-corrected chi connectivity index (χ4v) is 16.1. The predicted octanol–water partition coefficient (Wildman–Crippen LogP) is 20.3. The van der Waals surface area contributed by atoms with E-state index in [2.05, 4.69) is 277 Å². The van der Waals surface area contributed by atoms with E-state index in [0.717, 1.165) is 25.1 Å². The van der Waals surface area contributed by atoms with E-state index in [9.17, 15) is 0 Å². The van der Waals surface area contributed by atoms with E-state index < -0.39 is 0 Å². The number of hydrogen-bond donors (Lipinski definition) is 1. The third-order valence-electron chi connectivity index (χ3n) is 18.7. The summed E-state index contributed by atoms with van der Waals surface area (Å²) in [6, 6.07) is 66.8. The second-order valence-corrected chi connectivity index (χ2v) is 30.9. The molecule has 1 aliphatic heterocycles. The Hall–Kier alpha value is -7.18. The van der Waals surface area contributed by atoms with Crippen molar-refractivity contribution < 1.29 is 0 Å². The van der Waals surface area contributed by atoms with Crippen LogP contribution < -0.4 is 15.6 Å². The van der Waals surface area contributed by atoms with Gasteiger partial charge in [0, 0.05) is 74.8 Å². The first-order valence-electron chi connectivity index (χ1n) is 29.8. The minimum absolute atomic E-state index is 0.0269. The number of thiophene rings is 2. The number of rotatable bonds is 7. The van der Waals surface area contributed by atoms with E-state index >= 15 is 0 Å². The number of hydrogen-bond acceptors (Lipinski definition) is 3. The summed E-state index contributed by atoms with van der Waals surface area (Å²) in [5.41, 5.74) is 25.1. The van der Waals surface area contributed by atoms with Crippen LogP contribution in [0.25, 0.3) is 80.0 Å². The zero-order chi connectivity index (χ0) is 57.2. The lowest BCUT2D eigenvalue weighted by atomic mass is 9.63. The normalized spacial score (nSPS) is 14.1. The summed E-state index contributed by atoms with van der Waals surface area (Å²) in [7, 11) is 0.862. The van der Waals surface area contributed by atoms with Crippen molar-refractivity contribution in [3.8, 4) is 27.9 Å². The van der Waals surface area contributed by atoms with E-state index in [0.29, 0.717) is 0 Å². The third kappa shape index (κ3) is 8.62. The Bertz CT molecular complexity index is 4510. The lowest BCUT2D eigenvalue weighted by Gasteiger charge is -2.26. The van der Waals surface area contributed by atoms with E-state index in [-0.39, 0.29) is 33.0 Å². The zero-order valence-corrected chi connectivity index (χ0v) is 52.1. The van der Waals surface area contributed by atoms with Gasteiger partial charge in [-0.1, -0.05) is 212 Å². The molecule has 0 spiro atoms. The van der Waals surface area contributed by atoms with E-state index in [1.807, 2.05) is 22.7 Å². The summed E-state index contributed by atoms with van der Waals surface area (Å²) in [6.07, 6.45) is 0.912. The summed E-state index contributed by atoms with van der Waals surface area (Å²) in [4.78, 5) is 0. The van der Waals surface area contributed by atoms with Gasteiger partial charge in [-0.05, 0) is 160 Å². The maximum atomic E-state index is 4.10. The van der Waals surface area contributed by atoms with Crippen molar-refractivity contribution in [3.63, 3.8) is 0 Å². The zero-order valence-electron chi connectivity index (χ0n) is 50.4. The van der Waals surface area contributed by atoms with Crippen molar-refractivity contribution in [2.75, 3.05) is 5.32 Å². The van der Waals surface area contributed by atoms with Crippen LogP contribution in [0.2, 0.25) is 0 Å². The Kier molecular flexibility index (Phi) is 11.9. The van der Waals surface area contributed by atoms with Crippen LogP contribution in [-0.4, -0.2) is 11.8 Å². The molecule has 0 bridgehead atoms. The van der Waals surface area contributed by atoms with E-state index in [1.54, 1.807) is 0 Å². The first kappa shape index (κ1) is 52.9. The predicted molar refractivity (Wildman–Crippen MR) is 361 cm³/mol. The SMILES string of the molecule is CC(C)(C)c1ccc(Nc2cc3c(cc2-c2ccc4c5cc6c(cc5n5c4c2Bc2sc4ccc(C(C)(C)C)cc4c2-5)sc2ccccc26)-c2ccc(CC(c4ccc(C(C)(C)C)cc4)c4ccc(C(C)(C)C)cc4)cc2C3(C)C)cc1. The maximum absolute atomic E-state index is 4.10. The smallest absolute Gasteiger partial charge is 0.211 e. The molecule has 0 radical (unpaired) electrons. The summed E-state index contributed by atoms with van der Waals surface area (Å²) >= 11 is 3.90. The van der Waals surface area contributed by atoms with Crippen LogP contribution in [-0.2, 0) is 33.5 Å². The van der Waals surface area contributed by atoms with Gasteiger partial charge in [-0.2, -0.15) is 0 Å². The molecule has 1 aliphatic carbocycles. The number of aromatic nitrogens is 1. The van der Waals surface area contributed by atoms with Crippen LogP contribution in [0, 0.1) is 0 Å². The highest BCUT2D eigenvalue weighted by Crippen LogP contribution is 2.53. The lowest BCUT2D eigenvalue weighted by molar-refractivity contribution is 0.589. The van der Waals surface area contributed by atoms with Crippen LogP contribution in [0.5, 0.6) is 0 Å². The molecular formula is C77H75BN2S2. The summed E-state index contributed by atoms with van der Waals surface area (Å²) < 4.78 is 8.14. The first-order chi connectivity index (χ1) is 38.9. The Labute approximate surface area is 494 Å². The van der Waals surface area contributed by atoms with Crippen molar-refractivity contribution >= 4 is 104 Å². The number of nitrogens with zero attached hydrogens (tertiary/aromatic N) is 1. The minimum Gasteiger partial charge on any atom is -0.355 e. The molecule has 0 fully saturated rings. The Morgan fingerprint density at radius 2 is 1.05 bits per heavy atom. The molecule has 0 amide bonds. The molecule has 82 heavy (non-hydrogen) atoms. The molecule has 1 N–H and O–H groups in total. The number of nitrogens with one attached hydrogen (secondary N) is 1. The van der Waals surface area contributed by atoms with Crippen LogP contribution in [0.3, 0.4) is 0 Å². The van der Waals surface area contributed by atoms with Crippen molar-refractivity contribution in [1.29, 1.82) is 0 Å². The highest BCUT2D eigenvalue weighted by Gasteiger charge is 2.38. The number of anilines is 2. The average molecular weight is 1100 g/mol. The standard InChI is InChI=1S/C77H75BN2S2/c1-73(2,3)47-24-20-45(21-25-47)56(46-22-26-48(27-23-46)74(4,5)6)37-44-19-33-52-57-40-58(64(42-63(57)77(13,14)62(52)38-44)79-51-31-28-49(29-32-51)75(7,8)9)54-34-35-55-59-41-60-53-17-15-16-18-66(53)81-68(60)43-65(59)80-70(55)69(54)78-72-71(80)61-39-50(76(10,11)12)30-36-67(61)82-72/h15-36,38-43,56,78-79H,37H2,1-14H3. The van der Waals surface area contributed by atoms with Crippen molar-refractivity contribution in [2.45, 2.75) is 136 Å². The highest BCUT2D eigenvalue weighted by molar-refractivity contribution is 7.29. The molecule has 14 rings (SSSR count). The molecule has 3 aromatic heterocycles. The van der Waals surface area contributed by atoms with Gasteiger partial charge < -0.3 is 9.88 Å². The molecular weight excluding hydrogens is 1030 g/mol. The van der Waals surface area contributed by atoms with Gasteiger partial charge in [-0.15, -0.1) is 22.7 Å². The molecule has 12 aromatic rings. The van der Waals surface area contributed by atoms with Gasteiger partial charge in [-0.3, -0.25) is 0 Å². The number of benzene rings is 9. The summed E-state index contributed by atoms with van der Waals surface area (Å²) in [5, 5.41) is 10.8. The van der Waals surface area contributed by atoms with Crippen molar-refractivity contribution in [1.82, 2.24) is 4.57 Å². The first-order valence-corrected chi connectivity index (χ1v) is 31.4. The fourth-order valence-electron chi connectivity index (χ4n) is 13.8. The monoisotopic (exact) mass is 1100 g/mol. The maximum Gasteiger partial charge on any atom is 0.211 e. The average Bonchev–Trinajstić information content (AvgIpc) is 2.51. The van der Waals surface area contributed by atoms with Gasteiger partial charge in [0.2, 0.25) is 7.28 Å². The molecule has 0 unspecified atom stereocenters. The van der Waals surface area contributed by atoms with Crippen LogP contribution in [0.15, 0.2) is 170 Å². The Morgan fingerprint density at radius 3 is 1.70 bits per heavy atom. The molecule has 9 aromatic carbocycles. The Morgan fingerprint density at radius 1 is 0.463 bits per heavy atom. The topological polar surface area (TPSA) is 17.0 Å². The molecule has 2 aliphatic rings. The highest BCUT2D eigenvalue weighted by atomic mass is 32.1. The largest absolute Gasteiger partial charge is 0.355 e. The van der Waals surface area contributed by atoms with Crippen molar-refractivity contribution in [3.05, 3.63) is 220 Å².